The van der Waals surface area contributed by atoms with Gasteiger partial charge in [0.15, 0.2) is 9.84 Å². The summed E-state index contributed by atoms with van der Waals surface area (Å²) in [5.41, 5.74) is -4.71. The molecule has 1 aliphatic heterocycles. The molecule has 2 N–H and O–H groups in total. The van der Waals surface area contributed by atoms with E-state index in [1.54, 1.807) is 6.08 Å². The highest BCUT2D eigenvalue weighted by atomic mass is 32.2. The Morgan fingerprint density at radius 2 is 1.64 bits per heavy atom. The van der Waals surface area contributed by atoms with Crippen molar-refractivity contribution in [3.8, 4) is 0 Å². The maximum absolute atomic E-state index is 14.0. The molecular formula is C44H64F4N2O7S2. The van der Waals surface area contributed by atoms with Crippen LogP contribution in [0.15, 0.2) is 46.3 Å². The maximum atomic E-state index is 14.0. The fourth-order valence-electron chi connectivity index (χ4n) is 13.9. The molecule has 0 aromatic heterocycles. The van der Waals surface area contributed by atoms with Crippen molar-refractivity contribution >= 4 is 25.9 Å². The van der Waals surface area contributed by atoms with Crippen molar-refractivity contribution in [1.82, 2.24) is 10.2 Å². The summed E-state index contributed by atoms with van der Waals surface area (Å²) in [6.07, 6.45) is 12.7. The topological polar surface area (TPSA) is 130 Å². The minimum atomic E-state index is -5.95. The number of carbonyl (C=O) groups is 1. The first-order chi connectivity index (χ1) is 27.2. The summed E-state index contributed by atoms with van der Waals surface area (Å²) in [5, 5.41) is 13.5. The zero-order chi connectivity index (χ0) is 43.4. The molecule has 0 radical (unpaired) electrons. The average molecular weight is 873 g/mol. The largest absolute Gasteiger partial charge is 0.534 e. The number of alkyl halides is 4. The molecule has 0 amide bonds. The van der Waals surface area contributed by atoms with Gasteiger partial charge >= 0.3 is 21.6 Å². The number of nitrogens with one attached hydrogen (secondary N) is 1. The lowest BCUT2D eigenvalue weighted by Gasteiger charge is -2.71. The molecule has 0 aromatic rings. The van der Waals surface area contributed by atoms with Crippen LogP contribution in [0.25, 0.3) is 0 Å². The van der Waals surface area contributed by atoms with Crippen molar-refractivity contribution in [2.75, 3.05) is 44.4 Å². The number of hydrogen-bond donors (Lipinski definition) is 2. The number of aliphatic carboxylic acids is 1. The smallest absolute Gasteiger partial charge is 0.481 e. The van der Waals surface area contributed by atoms with Gasteiger partial charge in [-0.3, -0.25) is 4.79 Å². The molecule has 0 aromatic carbocycles. The highest BCUT2D eigenvalue weighted by Gasteiger charge is 2.69. The van der Waals surface area contributed by atoms with E-state index in [0.717, 1.165) is 49.7 Å². The number of rotatable bonds is 10. The van der Waals surface area contributed by atoms with Crippen molar-refractivity contribution in [2.45, 2.75) is 124 Å². The second-order valence-electron chi connectivity index (χ2n) is 20.7. The summed E-state index contributed by atoms with van der Waals surface area (Å²) < 4.78 is 110. The van der Waals surface area contributed by atoms with Gasteiger partial charge in [-0.1, -0.05) is 60.6 Å². The third kappa shape index (κ3) is 7.00. The van der Waals surface area contributed by atoms with E-state index in [1.807, 2.05) is 19.9 Å². The molecule has 3 saturated carbocycles. The van der Waals surface area contributed by atoms with Crippen LogP contribution in [0.5, 0.6) is 0 Å². The Bertz CT molecular complexity index is 2080. The van der Waals surface area contributed by atoms with Gasteiger partial charge in [-0.2, -0.15) is 21.6 Å². The molecule has 0 bridgehead atoms. The Labute approximate surface area is 348 Å². The van der Waals surface area contributed by atoms with Crippen LogP contribution in [0, 0.1) is 50.7 Å². The molecule has 59 heavy (non-hydrogen) atoms. The van der Waals surface area contributed by atoms with Crippen molar-refractivity contribution < 1.29 is 48.5 Å². The number of nitrogens with zero attached hydrogens (tertiary/aromatic N) is 1. The van der Waals surface area contributed by atoms with E-state index in [2.05, 4.69) is 50.9 Å². The van der Waals surface area contributed by atoms with E-state index in [4.69, 9.17) is 4.18 Å². The molecule has 15 heteroatoms. The summed E-state index contributed by atoms with van der Waals surface area (Å²) in [6.45, 7) is 16.5. The van der Waals surface area contributed by atoms with Crippen LogP contribution in [-0.4, -0.2) is 88.2 Å². The molecule has 1 saturated heterocycles. The molecule has 7 rings (SSSR count). The predicted molar refractivity (Wildman–Crippen MR) is 219 cm³/mol. The van der Waals surface area contributed by atoms with Crippen LogP contribution in [0.2, 0.25) is 0 Å². The van der Waals surface area contributed by atoms with Gasteiger partial charge in [-0.05, 0) is 138 Å². The summed E-state index contributed by atoms with van der Waals surface area (Å²) >= 11 is 0. The van der Waals surface area contributed by atoms with Gasteiger partial charge in [-0.15, -0.1) is 0 Å². The second kappa shape index (κ2) is 14.7. The van der Waals surface area contributed by atoms with Crippen molar-refractivity contribution in [2.24, 2.45) is 50.7 Å². The molecule has 0 spiro atoms. The van der Waals surface area contributed by atoms with Gasteiger partial charge in [0.05, 0.1) is 22.5 Å². The summed E-state index contributed by atoms with van der Waals surface area (Å²) in [7, 11) is -9.02. The fraction of sp³-hybridized carbons (Fsp3) is 0.795. The van der Waals surface area contributed by atoms with Crippen LogP contribution >= 0.6 is 0 Å². The Morgan fingerprint density at radius 1 is 0.966 bits per heavy atom. The maximum Gasteiger partial charge on any atom is 0.534 e. The van der Waals surface area contributed by atoms with Gasteiger partial charge in [0.2, 0.25) is 0 Å². The van der Waals surface area contributed by atoms with Gasteiger partial charge in [-0.25, -0.2) is 12.8 Å². The van der Waals surface area contributed by atoms with Gasteiger partial charge in [0.25, 0.3) is 0 Å². The number of hydrogen-bond acceptors (Lipinski definition) is 8. The number of halogens is 4. The highest BCUT2D eigenvalue weighted by molar-refractivity contribution is 7.91. The summed E-state index contributed by atoms with van der Waals surface area (Å²) in [4.78, 5) is 14.1. The normalized spacial score (nSPS) is 39.6. The lowest BCUT2D eigenvalue weighted by atomic mass is 9.33. The zero-order valence-corrected chi connectivity index (χ0v) is 37.4. The highest BCUT2D eigenvalue weighted by Crippen LogP contribution is 2.76. The van der Waals surface area contributed by atoms with E-state index in [-0.39, 0.29) is 63.6 Å². The van der Waals surface area contributed by atoms with Gasteiger partial charge in [0.1, 0.15) is 12.4 Å². The van der Waals surface area contributed by atoms with E-state index in [1.165, 1.54) is 5.57 Å². The third-order valence-electron chi connectivity index (χ3n) is 17.3. The third-order valence-corrected chi connectivity index (χ3v) is 19.9. The van der Waals surface area contributed by atoms with Crippen LogP contribution in [0.3, 0.4) is 0 Å². The molecule has 8 atom stereocenters. The van der Waals surface area contributed by atoms with Crippen LogP contribution in [-0.2, 0) is 28.9 Å². The fourth-order valence-corrected chi connectivity index (χ4v) is 15.7. The molecular weight excluding hydrogens is 809 g/mol. The van der Waals surface area contributed by atoms with Crippen molar-refractivity contribution in [1.29, 1.82) is 0 Å². The second-order valence-corrected chi connectivity index (χ2v) is 24.5. The molecule has 7 aliphatic rings. The number of allylic oxidation sites excluding steroid dienone is 5. The Hall–Kier alpha value is -2.23. The first kappa shape index (κ1) is 44.8. The monoisotopic (exact) mass is 872 g/mol. The van der Waals surface area contributed by atoms with E-state index >= 15 is 0 Å². The standard InChI is InChI=1S/C44H64F4N2O7S2/c1-28(2)35-32(57-59(55,56)44(46,47)48)26-43(49-20-21-50-22-24-58(53,54)25-23-50)19-18-40(6)31(36(35)43)8-9-34-39(5)14-12-30(38(3,4)33(39)13-15-41(34,40)7)29-10-16-42(27-45,17-11-29)37(51)52/h10,12,26,28,31,33-34,49H,8-9,11,13-25,27H2,1-7H3,(H,51,52)/t31-,33+,34-,39+,40-,41-,42+,43-/m1/s1. The van der Waals surface area contributed by atoms with Crippen LogP contribution in [0.4, 0.5) is 17.6 Å². The van der Waals surface area contributed by atoms with Crippen LogP contribution in [0.1, 0.15) is 113 Å². The van der Waals surface area contributed by atoms with E-state index < -0.39 is 49.1 Å². The lowest BCUT2D eigenvalue weighted by Crippen LogP contribution is -2.66. The van der Waals surface area contributed by atoms with Gasteiger partial charge < -0.3 is 19.5 Å². The number of carboxylic acids is 1. The quantitative estimate of drug-likeness (QED) is 0.126. The Balaban J connectivity index is 1.23. The molecule has 332 valence electrons. The Kier molecular flexibility index (Phi) is 11.1. The molecule has 4 fully saturated rings. The number of sulfone groups is 1. The molecule has 9 nitrogen and oxygen atoms in total. The van der Waals surface area contributed by atoms with Crippen LogP contribution < -0.4 is 5.32 Å². The van der Waals surface area contributed by atoms with E-state index in [0.29, 0.717) is 56.4 Å². The minimum absolute atomic E-state index is 0.0614. The lowest BCUT2D eigenvalue weighted by molar-refractivity contribution is -0.195. The molecule has 6 aliphatic carbocycles. The first-order valence-corrected chi connectivity index (χ1v) is 24.8. The van der Waals surface area contributed by atoms with Gasteiger partial charge in [0, 0.05) is 26.2 Å². The molecule has 1 heterocycles. The first-order valence-electron chi connectivity index (χ1n) is 21.6. The molecule has 0 unspecified atom stereocenters. The SMILES string of the molecule is CC(C)C1=C2[C@H]3CC[C@@H]4[C@@]5(C)CC=C(C6=CC[C@](CF)(C(=O)O)CC6)C(C)(C)[C@@H]5CC[C@@]4(C)[C@]3(C)CC[C@@]2(NCCN2CCS(=O)(=O)CC2)C=C1OS(=O)(=O)C(F)(F)F. The average Bonchev–Trinajstić information content (AvgIpc) is 3.45. The zero-order valence-electron chi connectivity index (χ0n) is 35.7. The number of carboxylic acid groups (broad SMARTS) is 1. The number of fused-ring (bicyclic) bond motifs is 7. The summed E-state index contributed by atoms with van der Waals surface area (Å²) in [5.74, 6) is -0.903. The van der Waals surface area contributed by atoms with Crippen molar-refractivity contribution in [3.63, 3.8) is 0 Å². The minimum Gasteiger partial charge on any atom is -0.481 e. The van der Waals surface area contributed by atoms with E-state index in [9.17, 15) is 44.3 Å². The predicted octanol–water partition coefficient (Wildman–Crippen LogP) is 8.52. The summed E-state index contributed by atoms with van der Waals surface area (Å²) in [6, 6.07) is 0. The van der Waals surface area contributed by atoms with Crippen molar-refractivity contribution in [3.05, 3.63) is 46.3 Å². The Morgan fingerprint density at radius 3 is 2.22 bits per heavy atom.